The molecule has 4 nitrogen and oxygen atoms in total. The summed E-state index contributed by atoms with van der Waals surface area (Å²) in [4.78, 5) is 0. The van der Waals surface area contributed by atoms with Crippen LogP contribution in [0, 0.1) is 0 Å². The van der Waals surface area contributed by atoms with Gasteiger partial charge in [0.2, 0.25) is 0 Å². The zero-order valence-corrected chi connectivity index (χ0v) is 4.53. The first-order valence-electron chi connectivity index (χ1n) is 0.577. The van der Waals surface area contributed by atoms with Crippen LogP contribution in [0.15, 0.2) is 0 Å². The molecule has 0 atom stereocenters. The van der Waals surface area contributed by atoms with Crippen LogP contribution in [-0.2, 0) is 25.9 Å². The fourth-order valence-electron chi connectivity index (χ4n) is 0. The Kier molecular flexibility index (Phi) is 0.997. The molecule has 0 bridgehead atoms. The predicted molar refractivity (Wildman–Crippen MR) is 2.06 cm³/mol. The molecule has 0 aromatic rings. The van der Waals surface area contributed by atoms with Crippen molar-refractivity contribution in [1.29, 1.82) is 0 Å². The van der Waals surface area contributed by atoms with Crippen LogP contribution >= 0.6 is 0 Å². The van der Waals surface area contributed by atoms with E-state index in [4.69, 9.17) is 14.5 Å². The van der Waals surface area contributed by atoms with Crippen molar-refractivity contribution < 1.29 is 29.8 Å². The minimum absolute atomic E-state index is 6.06. The summed E-state index contributed by atoms with van der Waals surface area (Å²) in [7, 11) is 0. The second-order valence-corrected chi connectivity index (χ2v) is 2.89. The first-order chi connectivity index (χ1) is 2.00. The van der Waals surface area contributed by atoms with Gasteiger partial charge in [-0.1, -0.05) is 0 Å². The van der Waals surface area contributed by atoms with Gasteiger partial charge in [0.05, 0.1) is 0 Å². The zero-order chi connectivity index (χ0) is 4.50. The Hall–Kier alpha value is -0.00364. The van der Waals surface area contributed by atoms with Gasteiger partial charge in [0.15, 0.2) is 0 Å². The van der Waals surface area contributed by atoms with E-state index >= 15 is 0 Å². The van der Waals surface area contributed by atoms with Gasteiger partial charge in [0.25, 0.3) is 0 Å². The number of hydrogen-bond acceptors (Lipinski definition) is 4. The summed E-state index contributed by atoms with van der Waals surface area (Å²) in [5.41, 5.74) is 0. The van der Waals surface area contributed by atoms with Gasteiger partial charge in [-0.05, 0) is 0 Å². The quantitative estimate of drug-likeness (QED) is 0.524. The molecule has 0 unspecified atom stereocenters. The fourth-order valence-corrected chi connectivity index (χ4v) is 0. The third-order valence-corrected chi connectivity index (χ3v) is 0. The molecule has 0 amide bonds. The first kappa shape index (κ1) is 5.00. The summed E-state index contributed by atoms with van der Waals surface area (Å²) in [6, 6.07) is 0. The molecule has 0 rings (SSSR count). The van der Waals surface area contributed by atoms with Crippen molar-refractivity contribution in [2.45, 2.75) is 0 Å². The molecule has 0 spiro atoms. The molecule has 0 fully saturated rings. The predicted octanol–water partition coefficient (Wildman–Crippen LogP) is -1.55. The molecule has 0 aromatic heterocycles. The SMILES string of the molecule is [O]=[Os](=[O])(=[O])[O-]. The van der Waals surface area contributed by atoms with E-state index < -0.39 is 15.3 Å². The molecule has 33 valence electrons. The van der Waals surface area contributed by atoms with E-state index in [-0.39, 0.29) is 0 Å². The number of rotatable bonds is 0. The van der Waals surface area contributed by atoms with Crippen LogP contribution in [-0.4, -0.2) is 0 Å². The van der Waals surface area contributed by atoms with Crippen LogP contribution < -0.4 is 3.90 Å². The van der Waals surface area contributed by atoms with Crippen LogP contribution in [0.2, 0.25) is 0 Å². The Balaban J connectivity index is 4.87. The molecule has 0 N–H and O–H groups in total. The summed E-state index contributed by atoms with van der Waals surface area (Å²) >= 11 is -6.06. The first-order valence-corrected chi connectivity index (χ1v) is 4.73. The monoisotopic (exact) mass is 256 g/mol. The van der Waals surface area contributed by atoms with Gasteiger partial charge in [-0.25, -0.2) is 0 Å². The van der Waals surface area contributed by atoms with Gasteiger partial charge in [-0.2, -0.15) is 0 Å². The molecule has 0 aromatic carbocycles. The van der Waals surface area contributed by atoms with Gasteiger partial charge < -0.3 is 0 Å². The van der Waals surface area contributed by atoms with E-state index in [1.54, 1.807) is 0 Å². The van der Waals surface area contributed by atoms with E-state index in [2.05, 4.69) is 0 Å². The molecule has 0 heterocycles. The van der Waals surface area contributed by atoms with Gasteiger partial charge in [-0.15, -0.1) is 0 Å². The van der Waals surface area contributed by atoms with Crippen molar-refractivity contribution >= 4 is 0 Å². The summed E-state index contributed by atoms with van der Waals surface area (Å²) in [6.07, 6.45) is 0. The standard InChI is InChI=1S/4O.Os/q;;;-1;. The second-order valence-electron chi connectivity index (χ2n) is 0.354. The van der Waals surface area contributed by atoms with Gasteiger partial charge in [0.1, 0.15) is 0 Å². The van der Waals surface area contributed by atoms with E-state index in [9.17, 15) is 0 Å². The summed E-state index contributed by atoms with van der Waals surface area (Å²) < 4.78 is 34.5. The third-order valence-electron chi connectivity index (χ3n) is 0. The molecule has 0 saturated heterocycles. The molecule has 0 aliphatic heterocycles. The van der Waals surface area contributed by atoms with Crippen LogP contribution in [0.25, 0.3) is 0 Å². The molecular weight excluding hydrogens is 254 g/mol. The molecule has 5 heavy (non-hydrogen) atoms. The number of hydrogen-bond donors (Lipinski definition) is 0. The summed E-state index contributed by atoms with van der Waals surface area (Å²) in [5, 5.41) is 0. The van der Waals surface area contributed by atoms with E-state index in [0.29, 0.717) is 0 Å². The van der Waals surface area contributed by atoms with Crippen molar-refractivity contribution in [3.05, 3.63) is 0 Å². The van der Waals surface area contributed by atoms with Crippen molar-refractivity contribution in [2.24, 2.45) is 0 Å². The average molecular weight is 254 g/mol. The topological polar surface area (TPSA) is 74.3 Å². The van der Waals surface area contributed by atoms with Gasteiger partial charge in [0, 0.05) is 0 Å². The summed E-state index contributed by atoms with van der Waals surface area (Å²) in [6.45, 7) is 0. The van der Waals surface area contributed by atoms with Crippen molar-refractivity contribution in [3.8, 4) is 0 Å². The average Bonchev–Trinajstić information content (AvgIpc) is 0.722. The Morgan fingerprint density at radius 3 is 1.20 bits per heavy atom. The fraction of sp³-hybridized carbons (Fsp3) is 0. The van der Waals surface area contributed by atoms with Crippen molar-refractivity contribution in [3.63, 3.8) is 0 Å². The summed E-state index contributed by atoms with van der Waals surface area (Å²) in [5.74, 6) is 0. The van der Waals surface area contributed by atoms with E-state index in [1.807, 2.05) is 0 Å². The van der Waals surface area contributed by atoms with Crippen LogP contribution in [0.5, 0.6) is 0 Å². The Bertz CT molecular complexity index is 125. The Morgan fingerprint density at radius 2 is 1.20 bits per heavy atom. The molecular formula is O4Os-. The maximum atomic E-state index is 8.63. The van der Waals surface area contributed by atoms with Gasteiger partial charge >= 0.3 is 29.8 Å². The Labute approximate surface area is 30.5 Å². The van der Waals surface area contributed by atoms with E-state index in [0.717, 1.165) is 0 Å². The van der Waals surface area contributed by atoms with Crippen LogP contribution in [0.1, 0.15) is 0 Å². The zero-order valence-electron chi connectivity index (χ0n) is 1.99. The molecule has 0 saturated carbocycles. The van der Waals surface area contributed by atoms with Crippen molar-refractivity contribution in [1.82, 2.24) is 0 Å². The van der Waals surface area contributed by atoms with E-state index in [1.165, 1.54) is 0 Å². The normalized spacial score (nSPS) is 11.4. The van der Waals surface area contributed by atoms with Crippen molar-refractivity contribution in [2.75, 3.05) is 0 Å². The van der Waals surface area contributed by atoms with Crippen LogP contribution in [0.3, 0.4) is 0 Å². The molecule has 0 aliphatic carbocycles. The van der Waals surface area contributed by atoms with Crippen LogP contribution in [0.4, 0.5) is 0 Å². The second kappa shape index (κ2) is 0.998. The van der Waals surface area contributed by atoms with Gasteiger partial charge in [-0.3, -0.25) is 0 Å². The maximum absolute atomic E-state index is 8.63. The third kappa shape index (κ3) is 1200000. The molecule has 0 aliphatic rings. The minimum atomic E-state index is -6.06. The Morgan fingerprint density at radius 1 is 1.20 bits per heavy atom. The molecule has 5 heteroatoms. The molecule has 0 radical (unpaired) electrons.